The number of anilines is 1. The van der Waals surface area contributed by atoms with Gasteiger partial charge < -0.3 is 10.3 Å². The Morgan fingerprint density at radius 2 is 2.06 bits per heavy atom. The first-order valence-electron chi connectivity index (χ1n) is 6.11. The largest absolute Gasteiger partial charge is 0.399 e. The minimum absolute atomic E-state index is 0.670. The van der Waals surface area contributed by atoms with E-state index in [1.165, 1.54) is 16.6 Å². The molecule has 0 atom stereocenters. The van der Waals surface area contributed by atoms with E-state index in [9.17, 15) is 0 Å². The van der Waals surface area contributed by atoms with Gasteiger partial charge in [0.2, 0.25) is 0 Å². The maximum absolute atomic E-state index is 5.83. The number of hydrogen-bond acceptors (Lipinski definition) is 2. The van der Waals surface area contributed by atoms with Gasteiger partial charge in [-0.25, -0.2) is 0 Å². The van der Waals surface area contributed by atoms with E-state index in [1.54, 1.807) is 0 Å². The van der Waals surface area contributed by atoms with Crippen molar-refractivity contribution in [3.05, 3.63) is 30.0 Å². The lowest BCUT2D eigenvalue weighted by Crippen LogP contribution is -2.00. The van der Waals surface area contributed by atoms with E-state index < -0.39 is 0 Å². The van der Waals surface area contributed by atoms with Gasteiger partial charge in [0, 0.05) is 34.6 Å². The molecule has 1 aromatic carbocycles. The quantitative estimate of drug-likeness (QED) is 0.832. The number of aromatic nitrogens is 1. The number of hydrogen-bond donors (Lipinski definition) is 1. The fourth-order valence-electron chi connectivity index (χ4n) is 2.09. The van der Waals surface area contributed by atoms with Crippen molar-refractivity contribution in [3.8, 4) is 0 Å². The van der Waals surface area contributed by atoms with Crippen molar-refractivity contribution in [2.45, 2.75) is 38.3 Å². The molecule has 2 nitrogen and oxygen atoms in total. The first-order chi connectivity index (χ1) is 8.11. The summed E-state index contributed by atoms with van der Waals surface area (Å²) in [5.41, 5.74) is 9.36. The summed E-state index contributed by atoms with van der Waals surface area (Å²) in [6, 6.07) is 8.43. The van der Waals surface area contributed by atoms with Crippen LogP contribution in [0.4, 0.5) is 5.69 Å². The zero-order valence-corrected chi connectivity index (χ0v) is 11.6. The first kappa shape index (κ1) is 12.4. The molecule has 0 amide bonds. The second kappa shape index (κ2) is 5.05. The predicted octanol–water partition coefficient (Wildman–Crippen LogP) is 3.89. The fourth-order valence-corrected chi connectivity index (χ4v) is 2.83. The number of fused-ring (bicyclic) bond motifs is 1. The number of benzene rings is 1. The number of rotatable bonds is 4. The molecule has 0 bridgehead atoms. The van der Waals surface area contributed by atoms with Gasteiger partial charge >= 0.3 is 0 Å². The zero-order valence-electron chi connectivity index (χ0n) is 10.7. The predicted molar refractivity (Wildman–Crippen MR) is 78.5 cm³/mol. The molecule has 0 saturated heterocycles. The smallest absolute Gasteiger partial charge is 0.0484 e. The average Bonchev–Trinajstić information content (AvgIpc) is 2.62. The van der Waals surface area contributed by atoms with Gasteiger partial charge in [0.25, 0.3) is 0 Å². The van der Waals surface area contributed by atoms with Crippen LogP contribution in [0.25, 0.3) is 10.9 Å². The summed E-state index contributed by atoms with van der Waals surface area (Å²) in [4.78, 5) is 0. The molecule has 2 rings (SSSR count). The monoisotopic (exact) mass is 248 g/mol. The highest BCUT2D eigenvalue weighted by Crippen LogP contribution is 2.26. The van der Waals surface area contributed by atoms with Crippen molar-refractivity contribution >= 4 is 28.4 Å². The summed E-state index contributed by atoms with van der Waals surface area (Å²) in [5, 5.41) is 1.93. The Balaban J connectivity index is 2.41. The van der Waals surface area contributed by atoms with Crippen LogP contribution in [0.3, 0.4) is 0 Å². The lowest BCUT2D eigenvalue weighted by molar-refractivity contribution is 0.765. The van der Waals surface area contributed by atoms with E-state index in [1.807, 2.05) is 17.8 Å². The zero-order chi connectivity index (χ0) is 12.4. The number of thioether (sulfide) groups is 1. The SMILES string of the molecule is CCn1c(CSC(C)C)cc2cc(N)ccc21. The van der Waals surface area contributed by atoms with Crippen molar-refractivity contribution < 1.29 is 0 Å². The Bertz CT molecular complexity index is 514. The van der Waals surface area contributed by atoms with E-state index in [-0.39, 0.29) is 0 Å². The van der Waals surface area contributed by atoms with Gasteiger partial charge in [-0.2, -0.15) is 11.8 Å². The second-order valence-corrected chi connectivity index (χ2v) is 6.12. The molecule has 3 heteroatoms. The van der Waals surface area contributed by atoms with Crippen molar-refractivity contribution in [3.63, 3.8) is 0 Å². The molecule has 1 aromatic heterocycles. The highest BCUT2D eigenvalue weighted by Gasteiger charge is 2.08. The van der Waals surface area contributed by atoms with Gasteiger partial charge in [-0.15, -0.1) is 0 Å². The highest BCUT2D eigenvalue weighted by atomic mass is 32.2. The summed E-state index contributed by atoms with van der Waals surface area (Å²) in [6.07, 6.45) is 0. The van der Waals surface area contributed by atoms with E-state index in [2.05, 4.69) is 43.5 Å². The molecule has 2 aromatic rings. The Labute approximate surface area is 107 Å². The molecule has 0 radical (unpaired) electrons. The minimum Gasteiger partial charge on any atom is -0.399 e. The molecule has 2 N–H and O–H groups in total. The summed E-state index contributed by atoms with van der Waals surface area (Å²) < 4.78 is 2.38. The fraction of sp³-hybridized carbons (Fsp3) is 0.429. The molecule has 0 saturated carbocycles. The highest BCUT2D eigenvalue weighted by molar-refractivity contribution is 7.99. The van der Waals surface area contributed by atoms with Crippen molar-refractivity contribution in [1.29, 1.82) is 0 Å². The third-order valence-electron chi connectivity index (χ3n) is 2.89. The topological polar surface area (TPSA) is 30.9 Å². The van der Waals surface area contributed by atoms with Crippen LogP contribution in [-0.4, -0.2) is 9.82 Å². The second-order valence-electron chi connectivity index (χ2n) is 4.56. The van der Waals surface area contributed by atoms with Crippen molar-refractivity contribution in [1.82, 2.24) is 4.57 Å². The Morgan fingerprint density at radius 3 is 2.71 bits per heavy atom. The van der Waals surface area contributed by atoms with Gasteiger partial charge in [-0.1, -0.05) is 13.8 Å². The summed E-state index contributed by atoms with van der Waals surface area (Å²) in [6.45, 7) is 7.68. The van der Waals surface area contributed by atoms with Gasteiger partial charge in [0.05, 0.1) is 0 Å². The molecule has 0 aliphatic heterocycles. The molecule has 1 heterocycles. The average molecular weight is 248 g/mol. The van der Waals surface area contributed by atoms with Crippen molar-refractivity contribution in [2.75, 3.05) is 5.73 Å². The molecule has 0 aliphatic carbocycles. The lowest BCUT2D eigenvalue weighted by atomic mass is 10.2. The van der Waals surface area contributed by atoms with E-state index >= 15 is 0 Å². The van der Waals surface area contributed by atoms with Crippen LogP contribution in [0, 0.1) is 0 Å². The van der Waals surface area contributed by atoms with E-state index in [4.69, 9.17) is 5.73 Å². The van der Waals surface area contributed by atoms with Crippen LogP contribution in [0.15, 0.2) is 24.3 Å². The molecule has 0 aliphatic rings. The van der Waals surface area contributed by atoms with Crippen LogP contribution in [0.5, 0.6) is 0 Å². The molecular formula is C14H20N2S. The standard InChI is InChI=1S/C14H20N2S/c1-4-16-13(9-17-10(2)3)8-11-7-12(15)5-6-14(11)16/h5-8,10H,4,9,15H2,1-3H3. The van der Waals surface area contributed by atoms with Crippen LogP contribution in [0.1, 0.15) is 26.5 Å². The Morgan fingerprint density at radius 1 is 1.29 bits per heavy atom. The van der Waals surface area contributed by atoms with Crippen LogP contribution < -0.4 is 5.73 Å². The molecule has 92 valence electrons. The summed E-state index contributed by atoms with van der Waals surface area (Å²) >= 11 is 1.98. The third-order valence-corrected chi connectivity index (χ3v) is 4.02. The van der Waals surface area contributed by atoms with Crippen LogP contribution in [-0.2, 0) is 12.3 Å². The maximum Gasteiger partial charge on any atom is 0.0484 e. The first-order valence-corrected chi connectivity index (χ1v) is 7.16. The van der Waals surface area contributed by atoms with E-state index in [0.717, 1.165) is 18.0 Å². The number of nitrogen functional groups attached to an aromatic ring is 1. The molecule has 0 fully saturated rings. The van der Waals surface area contributed by atoms with Gasteiger partial charge in [0.1, 0.15) is 0 Å². The molecule has 0 unspecified atom stereocenters. The Kier molecular flexibility index (Phi) is 3.67. The number of nitrogens with zero attached hydrogens (tertiary/aromatic N) is 1. The van der Waals surface area contributed by atoms with Crippen molar-refractivity contribution in [2.24, 2.45) is 0 Å². The van der Waals surface area contributed by atoms with Crippen LogP contribution in [0.2, 0.25) is 0 Å². The molecular weight excluding hydrogens is 228 g/mol. The molecule has 0 spiro atoms. The normalized spacial score (nSPS) is 11.5. The molecule has 17 heavy (non-hydrogen) atoms. The number of aryl methyl sites for hydroxylation is 1. The summed E-state index contributed by atoms with van der Waals surface area (Å²) in [5.74, 6) is 1.07. The lowest BCUT2D eigenvalue weighted by Gasteiger charge is -2.09. The third kappa shape index (κ3) is 2.60. The van der Waals surface area contributed by atoms with Gasteiger partial charge in [-0.3, -0.25) is 0 Å². The van der Waals surface area contributed by atoms with E-state index in [0.29, 0.717) is 5.25 Å². The minimum atomic E-state index is 0.670. The Hall–Kier alpha value is -1.09. The van der Waals surface area contributed by atoms with Gasteiger partial charge in [0.15, 0.2) is 0 Å². The number of nitrogens with two attached hydrogens (primary N) is 1. The van der Waals surface area contributed by atoms with Gasteiger partial charge in [-0.05, 0) is 36.4 Å². The summed E-state index contributed by atoms with van der Waals surface area (Å²) in [7, 11) is 0. The maximum atomic E-state index is 5.83. The van der Waals surface area contributed by atoms with Crippen LogP contribution >= 0.6 is 11.8 Å².